The van der Waals surface area contributed by atoms with E-state index in [1.807, 2.05) is 12.1 Å². The SMILES string of the molecule is Cc1ccccc1NC(=S)NC1CCCCC1. The van der Waals surface area contributed by atoms with Gasteiger partial charge in [0.2, 0.25) is 0 Å². The van der Waals surface area contributed by atoms with Gasteiger partial charge in [-0.2, -0.15) is 0 Å². The van der Waals surface area contributed by atoms with Gasteiger partial charge in [-0.3, -0.25) is 0 Å². The van der Waals surface area contributed by atoms with Gasteiger partial charge in [0.25, 0.3) is 0 Å². The van der Waals surface area contributed by atoms with Crippen molar-refractivity contribution in [2.45, 2.75) is 45.1 Å². The molecule has 1 aliphatic rings. The van der Waals surface area contributed by atoms with Crippen molar-refractivity contribution in [1.82, 2.24) is 5.32 Å². The van der Waals surface area contributed by atoms with Crippen LogP contribution in [-0.4, -0.2) is 11.2 Å². The maximum Gasteiger partial charge on any atom is 0.171 e. The Hall–Kier alpha value is -1.09. The summed E-state index contributed by atoms with van der Waals surface area (Å²) in [6, 6.07) is 8.78. The Bertz CT molecular complexity index is 384. The minimum Gasteiger partial charge on any atom is -0.360 e. The molecule has 0 aromatic heterocycles. The molecule has 2 rings (SSSR count). The molecule has 92 valence electrons. The van der Waals surface area contributed by atoms with E-state index in [9.17, 15) is 0 Å². The zero-order chi connectivity index (χ0) is 12.1. The molecule has 2 nitrogen and oxygen atoms in total. The summed E-state index contributed by atoms with van der Waals surface area (Å²) < 4.78 is 0. The number of para-hydroxylation sites is 1. The first-order chi connectivity index (χ1) is 8.25. The second-order valence-electron chi connectivity index (χ2n) is 4.75. The van der Waals surface area contributed by atoms with Gasteiger partial charge in [0.05, 0.1) is 0 Å². The van der Waals surface area contributed by atoms with Gasteiger partial charge in [-0.05, 0) is 43.6 Å². The van der Waals surface area contributed by atoms with Gasteiger partial charge in [0, 0.05) is 11.7 Å². The fourth-order valence-corrected chi connectivity index (χ4v) is 2.58. The van der Waals surface area contributed by atoms with Crippen molar-refractivity contribution in [3.05, 3.63) is 29.8 Å². The molecule has 0 atom stereocenters. The third-order valence-corrected chi connectivity index (χ3v) is 3.55. The molecule has 0 saturated heterocycles. The Balaban J connectivity index is 1.86. The first-order valence-electron chi connectivity index (χ1n) is 6.39. The van der Waals surface area contributed by atoms with Gasteiger partial charge in [-0.1, -0.05) is 37.5 Å². The molecular formula is C14H20N2S. The number of hydrogen-bond donors (Lipinski definition) is 2. The van der Waals surface area contributed by atoms with Crippen molar-refractivity contribution >= 4 is 23.0 Å². The monoisotopic (exact) mass is 248 g/mol. The summed E-state index contributed by atoms with van der Waals surface area (Å²) in [7, 11) is 0. The maximum absolute atomic E-state index is 5.35. The van der Waals surface area contributed by atoms with E-state index in [-0.39, 0.29) is 0 Å². The normalized spacial score (nSPS) is 16.5. The van der Waals surface area contributed by atoms with Crippen LogP contribution in [0.1, 0.15) is 37.7 Å². The second kappa shape index (κ2) is 6.01. The molecule has 0 radical (unpaired) electrons. The Kier molecular flexibility index (Phi) is 4.37. The Morgan fingerprint density at radius 3 is 2.59 bits per heavy atom. The van der Waals surface area contributed by atoms with E-state index in [1.165, 1.54) is 37.7 Å². The molecular weight excluding hydrogens is 228 g/mol. The van der Waals surface area contributed by atoms with Gasteiger partial charge >= 0.3 is 0 Å². The summed E-state index contributed by atoms with van der Waals surface area (Å²) in [5.41, 5.74) is 2.32. The lowest BCUT2D eigenvalue weighted by Crippen LogP contribution is -2.38. The summed E-state index contributed by atoms with van der Waals surface area (Å²) >= 11 is 5.35. The molecule has 1 aromatic rings. The molecule has 1 aliphatic carbocycles. The predicted molar refractivity (Wildman–Crippen MR) is 77.4 cm³/mol. The van der Waals surface area contributed by atoms with E-state index in [0.717, 1.165) is 10.8 Å². The molecule has 0 bridgehead atoms. The number of nitrogens with one attached hydrogen (secondary N) is 2. The molecule has 0 heterocycles. The second-order valence-corrected chi connectivity index (χ2v) is 5.16. The number of rotatable bonds is 2. The topological polar surface area (TPSA) is 24.1 Å². The largest absolute Gasteiger partial charge is 0.360 e. The first-order valence-corrected chi connectivity index (χ1v) is 6.79. The molecule has 0 amide bonds. The average molecular weight is 248 g/mol. The smallest absolute Gasteiger partial charge is 0.171 e. The Labute approximate surface area is 109 Å². The Morgan fingerprint density at radius 2 is 1.88 bits per heavy atom. The average Bonchev–Trinajstić information content (AvgIpc) is 2.33. The summed E-state index contributed by atoms with van der Waals surface area (Å²) in [5, 5.41) is 7.45. The molecule has 1 aromatic carbocycles. The summed E-state index contributed by atoms with van der Waals surface area (Å²) in [6.45, 7) is 2.09. The zero-order valence-electron chi connectivity index (χ0n) is 10.3. The summed E-state index contributed by atoms with van der Waals surface area (Å²) in [5.74, 6) is 0. The van der Waals surface area contributed by atoms with E-state index in [0.29, 0.717) is 6.04 Å². The molecule has 0 unspecified atom stereocenters. The highest BCUT2D eigenvalue weighted by molar-refractivity contribution is 7.80. The molecule has 1 fully saturated rings. The van der Waals surface area contributed by atoms with Crippen molar-refractivity contribution in [2.75, 3.05) is 5.32 Å². The fraction of sp³-hybridized carbons (Fsp3) is 0.500. The minimum absolute atomic E-state index is 0.563. The van der Waals surface area contributed by atoms with Crippen LogP contribution >= 0.6 is 12.2 Å². The van der Waals surface area contributed by atoms with Crippen LogP contribution in [0, 0.1) is 6.92 Å². The molecule has 2 N–H and O–H groups in total. The Morgan fingerprint density at radius 1 is 1.18 bits per heavy atom. The molecule has 0 aliphatic heterocycles. The van der Waals surface area contributed by atoms with E-state index in [2.05, 4.69) is 29.7 Å². The summed E-state index contributed by atoms with van der Waals surface area (Å²) in [4.78, 5) is 0. The molecule has 1 saturated carbocycles. The van der Waals surface area contributed by atoms with Crippen LogP contribution in [0.25, 0.3) is 0 Å². The highest BCUT2D eigenvalue weighted by Crippen LogP contribution is 2.18. The van der Waals surface area contributed by atoms with Gasteiger partial charge in [-0.25, -0.2) is 0 Å². The third-order valence-electron chi connectivity index (χ3n) is 3.33. The standard InChI is InChI=1S/C14H20N2S/c1-11-7-5-6-10-13(11)16-14(17)15-12-8-3-2-4-9-12/h5-7,10,12H,2-4,8-9H2,1H3,(H2,15,16,17). The van der Waals surface area contributed by atoms with Gasteiger partial charge in [0.15, 0.2) is 5.11 Å². The minimum atomic E-state index is 0.563. The first kappa shape index (κ1) is 12.4. The number of anilines is 1. The van der Waals surface area contributed by atoms with Crippen LogP contribution in [-0.2, 0) is 0 Å². The van der Waals surface area contributed by atoms with Gasteiger partial charge in [0.1, 0.15) is 0 Å². The maximum atomic E-state index is 5.35. The van der Waals surface area contributed by atoms with Crippen LogP contribution in [0.3, 0.4) is 0 Å². The van der Waals surface area contributed by atoms with Crippen molar-refractivity contribution in [1.29, 1.82) is 0 Å². The highest BCUT2D eigenvalue weighted by Gasteiger charge is 2.13. The molecule has 0 spiro atoms. The lowest BCUT2D eigenvalue weighted by molar-refractivity contribution is 0.415. The van der Waals surface area contributed by atoms with Crippen LogP contribution in [0.5, 0.6) is 0 Å². The highest BCUT2D eigenvalue weighted by atomic mass is 32.1. The van der Waals surface area contributed by atoms with Gasteiger partial charge in [-0.15, -0.1) is 0 Å². The van der Waals surface area contributed by atoms with Gasteiger partial charge < -0.3 is 10.6 Å². The van der Waals surface area contributed by atoms with Crippen LogP contribution in [0.15, 0.2) is 24.3 Å². The quantitative estimate of drug-likeness (QED) is 0.782. The summed E-state index contributed by atoms with van der Waals surface area (Å²) in [6.07, 6.45) is 6.51. The van der Waals surface area contributed by atoms with E-state index < -0.39 is 0 Å². The zero-order valence-corrected chi connectivity index (χ0v) is 11.1. The number of hydrogen-bond acceptors (Lipinski definition) is 1. The number of thiocarbonyl (C=S) groups is 1. The van der Waals surface area contributed by atoms with E-state index in [4.69, 9.17) is 12.2 Å². The van der Waals surface area contributed by atoms with Crippen molar-refractivity contribution in [3.8, 4) is 0 Å². The van der Waals surface area contributed by atoms with Crippen LogP contribution < -0.4 is 10.6 Å². The van der Waals surface area contributed by atoms with E-state index in [1.54, 1.807) is 0 Å². The third kappa shape index (κ3) is 3.70. The van der Waals surface area contributed by atoms with Crippen molar-refractivity contribution in [2.24, 2.45) is 0 Å². The van der Waals surface area contributed by atoms with Crippen LogP contribution in [0.2, 0.25) is 0 Å². The number of benzene rings is 1. The predicted octanol–water partition coefficient (Wildman–Crippen LogP) is 3.61. The fourth-order valence-electron chi connectivity index (χ4n) is 2.30. The lowest BCUT2D eigenvalue weighted by atomic mass is 9.96. The van der Waals surface area contributed by atoms with Crippen molar-refractivity contribution in [3.63, 3.8) is 0 Å². The lowest BCUT2D eigenvalue weighted by Gasteiger charge is -2.24. The van der Waals surface area contributed by atoms with Crippen molar-refractivity contribution < 1.29 is 0 Å². The number of aryl methyl sites for hydroxylation is 1. The van der Waals surface area contributed by atoms with E-state index >= 15 is 0 Å². The molecule has 3 heteroatoms. The molecule has 17 heavy (non-hydrogen) atoms. The van der Waals surface area contributed by atoms with Crippen LogP contribution in [0.4, 0.5) is 5.69 Å².